The summed E-state index contributed by atoms with van der Waals surface area (Å²) in [7, 11) is 0. The van der Waals surface area contributed by atoms with Crippen LogP contribution in [0.2, 0.25) is 0 Å². The summed E-state index contributed by atoms with van der Waals surface area (Å²) < 4.78 is 5.52. The van der Waals surface area contributed by atoms with E-state index < -0.39 is 6.10 Å². The average molecular weight is 276 g/mol. The van der Waals surface area contributed by atoms with E-state index >= 15 is 0 Å². The zero-order chi connectivity index (χ0) is 15.1. The number of amides is 1. The van der Waals surface area contributed by atoms with Crippen molar-refractivity contribution >= 4 is 5.91 Å². The number of benzene rings is 1. The molecule has 0 spiro atoms. The molecule has 2 N–H and O–H groups in total. The van der Waals surface area contributed by atoms with Gasteiger partial charge in [-0.05, 0) is 31.9 Å². The first-order chi connectivity index (χ1) is 9.49. The van der Waals surface area contributed by atoms with Crippen molar-refractivity contribution in [1.82, 2.24) is 5.32 Å². The molecule has 0 aliphatic rings. The second kappa shape index (κ2) is 7.51. The molecule has 3 unspecified atom stereocenters. The van der Waals surface area contributed by atoms with E-state index in [9.17, 15) is 4.79 Å². The summed E-state index contributed by atoms with van der Waals surface area (Å²) in [5.74, 6) is 0.0867. The van der Waals surface area contributed by atoms with Gasteiger partial charge in [0.25, 0.3) is 5.91 Å². The van der Waals surface area contributed by atoms with E-state index in [0.29, 0.717) is 11.3 Å². The molecule has 20 heavy (non-hydrogen) atoms. The third-order valence-corrected chi connectivity index (χ3v) is 3.19. The van der Waals surface area contributed by atoms with E-state index in [1.54, 1.807) is 31.2 Å². The normalized spacial score (nSPS) is 14.8. The fraction of sp³-hybridized carbons (Fsp3) is 0.467. The van der Waals surface area contributed by atoms with Crippen molar-refractivity contribution in [2.24, 2.45) is 5.92 Å². The van der Waals surface area contributed by atoms with Crippen molar-refractivity contribution in [3.8, 4) is 11.8 Å². The molecule has 1 amide bonds. The molecular formula is C15H20N2O3. The van der Waals surface area contributed by atoms with Crippen molar-refractivity contribution < 1.29 is 14.6 Å². The van der Waals surface area contributed by atoms with Crippen molar-refractivity contribution in [2.45, 2.75) is 32.9 Å². The van der Waals surface area contributed by atoms with Gasteiger partial charge in [-0.2, -0.15) is 5.26 Å². The summed E-state index contributed by atoms with van der Waals surface area (Å²) in [6.45, 7) is 5.31. The maximum Gasteiger partial charge on any atom is 0.260 e. The van der Waals surface area contributed by atoms with Crippen LogP contribution in [-0.4, -0.2) is 29.8 Å². The van der Waals surface area contributed by atoms with E-state index in [1.165, 1.54) is 0 Å². The van der Waals surface area contributed by atoms with Crippen molar-refractivity contribution in [2.75, 3.05) is 6.61 Å². The number of hydrogen-bond acceptors (Lipinski definition) is 4. The van der Waals surface area contributed by atoms with Gasteiger partial charge in [-0.15, -0.1) is 0 Å². The molecule has 1 aromatic carbocycles. The van der Waals surface area contributed by atoms with E-state index in [0.717, 1.165) is 0 Å². The van der Waals surface area contributed by atoms with Crippen LogP contribution in [0.4, 0.5) is 0 Å². The molecule has 5 nitrogen and oxygen atoms in total. The Bertz CT molecular complexity index is 496. The number of aliphatic hydroxyl groups excluding tert-OH is 1. The number of nitrogens with zero attached hydrogens (tertiary/aromatic N) is 1. The number of para-hydroxylation sites is 1. The lowest BCUT2D eigenvalue weighted by Gasteiger charge is -2.22. The molecule has 1 rings (SSSR count). The minimum Gasteiger partial charge on any atom is -0.480 e. The third-order valence-electron chi connectivity index (χ3n) is 3.19. The number of carbonyl (C=O) groups is 1. The monoisotopic (exact) mass is 276 g/mol. The highest BCUT2D eigenvalue weighted by molar-refractivity contribution is 5.81. The first kappa shape index (κ1) is 16.0. The Morgan fingerprint density at radius 1 is 1.40 bits per heavy atom. The molecule has 0 saturated carbocycles. The number of carbonyl (C=O) groups excluding carboxylic acids is 1. The van der Waals surface area contributed by atoms with E-state index in [1.807, 2.05) is 19.9 Å². The molecule has 0 heterocycles. The minimum absolute atomic E-state index is 0.00789. The number of ether oxygens (including phenoxy) is 1. The Hall–Kier alpha value is -2.06. The Balaban J connectivity index is 2.65. The molecular weight excluding hydrogens is 256 g/mol. The summed E-state index contributed by atoms with van der Waals surface area (Å²) >= 11 is 0. The average Bonchev–Trinajstić information content (AvgIpc) is 2.46. The van der Waals surface area contributed by atoms with Gasteiger partial charge in [0, 0.05) is 12.6 Å². The summed E-state index contributed by atoms with van der Waals surface area (Å²) in [4.78, 5) is 12.0. The summed E-state index contributed by atoms with van der Waals surface area (Å²) in [5.41, 5.74) is 0.393. The van der Waals surface area contributed by atoms with Crippen molar-refractivity contribution in [1.29, 1.82) is 5.26 Å². The molecule has 0 fully saturated rings. The Kier molecular flexibility index (Phi) is 6.01. The van der Waals surface area contributed by atoms with Crippen molar-refractivity contribution in [3.63, 3.8) is 0 Å². The fourth-order valence-corrected chi connectivity index (χ4v) is 1.55. The van der Waals surface area contributed by atoms with E-state index in [-0.39, 0.29) is 24.5 Å². The minimum atomic E-state index is -0.710. The number of rotatable bonds is 6. The molecule has 1 aromatic rings. The lowest BCUT2D eigenvalue weighted by Crippen LogP contribution is -2.44. The maximum atomic E-state index is 12.0. The second-order valence-electron chi connectivity index (χ2n) is 4.83. The maximum absolute atomic E-state index is 12.0. The van der Waals surface area contributed by atoms with Crippen molar-refractivity contribution in [3.05, 3.63) is 29.8 Å². The first-order valence-corrected chi connectivity index (χ1v) is 6.56. The van der Waals surface area contributed by atoms with Gasteiger partial charge in [0.05, 0.1) is 5.56 Å². The van der Waals surface area contributed by atoms with E-state index in [2.05, 4.69) is 5.32 Å². The van der Waals surface area contributed by atoms with Gasteiger partial charge in [-0.1, -0.05) is 19.1 Å². The number of hydrogen-bond donors (Lipinski definition) is 2. The predicted octanol–water partition coefficient (Wildman–Crippen LogP) is 1.46. The lowest BCUT2D eigenvalue weighted by atomic mass is 10.1. The Morgan fingerprint density at radius 2 is 2.05 bits per heavy atom. The highest BCUT2D eigenvalue weighted by Crippen LogP contribution is 2.18. The smallest absolute Gasteiger partial charge is 0.260 e. The molecule has 0 bridgehead atoms. The molecule has 0 radical (unpaired) electrons. The van der Waals surface area contributed by atoms with Gasteiger partial charge in [-0.3, -0.25) is 4.79 Å². The van der Waals surface area contributed by atoms with Crippen LogP contribution in [0.3, 0.4) is 0 Å². The zero-order valence-electron chi connectivity index (χ0n) is 12.0. The highest BCUT2D eigenvalue weighted by atomic mass is 16.5. The first-order valence-electron chi connectivity index (χ1n) is 6.56. The van der Waals surface area contributed by atoms with E-state index in [4.69, 9.17) is 15.1 Å². The van der Waals surface area contributed by atoms with Crippen LogP contribution < -0.4 is 10.1 Å². The molecule has 0 aromatic heterocycles. The quantitative estimate of drug-likeness (QED) is 0.824. The molecule has 3 atom stereocenters. The summed E-state index contributed by atoms with van der Waals surface area (Å²) in [6, 6.07) is 8.64. The Labute approximate surface area is 119 Å². The topological polar surface area (TPSA) is 82.3 Å². The number of nitrogens with one attached hydrogen (secondary N) is 1. The fourth-order valence-electron chi connectivity index (χ4n) is 1.55. The van der Waals surface area contributed by atoms with Gasteiger partial charge in [0.1, 0.15) is 11.8 Å². The van der Waals surface area contributed by atoms with Crippen LogP contribution in [0.15, 0.2) is 24.3 Å². The van der Waals surface area contributed by atoms with Crippen LogP contribution in [0, 0.1) is 17.2 Å². The van der Waals surface area contributed by atoms with Crippen LogP contribution in [-0.2, 0) is 4.79 Å². The highest BCUT2D eigenvalue weighted by Gasteiger charge is 2.20. The number of nitriles is 1. The summed E-state index contributed by atoms with van der Waals surface area (Å²) in [5, 5.41) is 20.8. The zero-order valence-corrected chi connectivity index (χ0v) is 12.0. The van der Waals surface area contributed by atoms with Crippen LogP contribution in [0.1, 0.15) is 26.3 Å². The molecule has 0 aliphatic heterocycles. The third kappa shape index (κ3) is 4.25. The van der Waals surface area contributed by atoms with Gasteiger partial charge >= 0.3 is 0 Å². The largest absolute Gasteiger partial charge is 0.480 e. The van der Waals surface area contributed by atoms with Crippen LogP contribution in [0.5, 0.6) is 5.75 Å². The predicted molar refractivity (Wildman–Crippen MR) is 75.1 cm³/mol. The van der Waals surface area contributed by atoms with Crippen LogP contribution in [0.25, 0.3) is 0 Å². The molecule has 108 valence electrons. The standard InChI is InChI=1S/C15H20N2O3/c1-10(9-18)11(2)17-15(19)12(3)20-14-7-5-4-6-13(14)8-16/h4-7,10-12,18H,9H2,1-3H3,(H,17,19). The second-order valence-corrected chi connectivity index (χ2v) is 4.83. The lowest BCUT2D eigenvalue weighted by molar-refractivity contribution is -0.128. The van der Waals surface area contributed by atoms with Gasteiger partial charge in [0.15, 0.2) is 6.10 Å². The Morgan fingerprint density at radius 3 is 2.65 bits per heavy atom. The SMILES string of the molecule is CC(Oc1ccccc1C#N)C(=O)NC(C)C(C)CO. The van der Waals surface area contributed by atoms with Gasteiger partial charge in [-0.25, -0.2) is 0 Å². The molecule has 0 saturated heterocycles. The molecule has 5 heteroatoms. The van der Waals surface area contributed by atoms with Gasteiger partial charge in [0.2, 0.25) is 0 Å². The summed E-state index contributed by atoms with van der Waals surface area (Å²) in [6.07, 6.45) is -0.710. The van der Waals surface area contributed by atoms with Gasteiger partial charge < -0.3 is 15.2 Å². The number of aliphatic hydroxyl groups is 1. The van der Waals surface area contributed by atoms with Crippen LogP contribution >= 0.6 is 0 Å². The molecule has 0 aliphatic carbocycles.